The summed E-state index contributed by atoms with van der Waals surface area (Å²) < 4.78 is 36.5. The minimum Gasteiger partial charge on any atom is -0.166 e. The standard InChI is InChI=1S/C8H4ClF3/c9-7-5-1-4(2-5)3-6(7)8(10,11)12/h1,3H,2H2. The highest BCUT2D eigenvalue weighted by atomic mass is 35.5. The lowest BCUT2D eigenvalue weighted by atomic mass is 9.90. The molecule has 0 radical (unpaired) electrons. The number of hydrogen-bond acceptors (Lipinski definition) is 0. The Balaban J connectivity index is 2.56. The molecule has 0 atom stereocenters. The van der Waals surface area contributed by atoms with Gasteiger partial charge in [-0.1, -0.05) is 17.7 Å². The summed E-state index contributed by atoms with van der Waals surface area (Å²) >= 11 is 5.50. The SMILES string of the molecule is FC(F)(F)c1cc2cc(c1Cl)C2. The summed E-state index contributed by atoms with van der Waals surface area (Å²) in [6, 6.07) is 2.78. The summed E-state index contributed by atoms with van der Waals surface area (Å²) in [6.45, 7) is 0. The molecule has 0 N–H and O–H groups in total. The highest BCUT2D eigenvalue weighted by molar-refractivity contribution is 6.32. The van der Waals surface area contributed by atoms with E-state index in [4.69, 9.17) is 11.6 Å². The van der Waals surface area contributed by atoms with E-state index in [1.165, 1.54) is 0 Å². The molecule has 0 fully saturated rings. The molecule has 4 heteroatoms. The maximum atomic E-state index is 12.2. The van der Waals surface area contributed by atoms with Crippen molar-refractivity contribution < 1.29 is 13.2 Å². The van der Waals surface area contributed by atoms with Crippen LogP contribution in [0.4, 0.5) is 13.2 Å². The van der Waals surface area contributed by atoms with Crippen LogP contribution < -0.4 is 0 Å². The molecule has 1 aromatic carbocycles. The Kier molecular flexibility index (Phi) is 1.43. The van der Waals surface area contributed by atoms with Crippen LogP contribution in [0.3, 0.4) is 0 Å². The average molecular weight is 193 g/mol. The topological polar surface area (TPSA) is 0 Å². The van der Waals surface area contributed by atoms with Crippen LogP contribution >= 0.6 is 11.6 Å². The van der Waals surface area contributed by atoms with Crippen molar-refractivity contribution >= 4 is 11.6 Å². The van der Waals surface area contributed by atoms with Gasteiger partial charge in [-0.2, -0.15) is 13.2 Å². The lowest BCUT2D eigenvalue weighted by Crippen LogP contribution is -2.13. The van der Waals surface area contributed by atoms with Crippen LogP contribution in [-0.4, -0.2) is 0 Å². The summed E-state index contributed by atoms with van der Waals surface area (Å²) in [5, 5.41) is -0.141. The van der Waals surface area contributed by atoms with Crippen LogP contribution in [0.2, 0.25) is 5.02 Å². The van der Waals surface area contributed by atoms with Crippen LogP contribution in [0, 0.1) is 0 Å². The van der Waals surface area contributed by atoms with Crippen molar-refractivity contribution in [3.63, 3.8) is 0 Å². The summed E-state index contributed by atoms with van der Waals surface area (Å²) in [5.74, 6) is 0. The van der Waals surface area contributed by atoms with Crippen molar-refractivity contribution in [1.82, 2.24) is 0 Å². The lowest BCUT2D eigenvalue weighted by Gasteiger charge is -2.21. The Morgan fingerprint density at radius 2 is 1.83 bits per heavy atom. The van der Waals surface area contributed by atoms with E-state index in [9.17, 15) is 13.2 Å². The summed E-state index contributed by atoms with van der Waals surface area (Å²) in [6.07, 6.45) is -3.74. The molecule has 3 rings (SSSR count). The second kappa shape index (κ2) is 2.16. The van der Waals surface area contributed by atoms with Crippen molar-refractivity contribution in [2.75, 3.05) is 0 Å². The number of hydrogen-bond donors (Lipinski definition) is 0. The van der Waals surface area contributed by atoms with Gasteiger partial charge >= 0.3 is 6.18 Å². The van der Waals surface area contributed by atoms with Crippen LogP contribution in [0.1, 0.15) is 16.7 Å². The smallest absolute Gasteiger partial charge is 0.166 e. The van der Waals surface area contributed by atoms with Crippen molar-refractivity contribution in [2.24, 2.45) is 0 Å². The highest BCUT2D eigenvalue weighted by Gasteiger charge is 2.36. The van der Waals surface area contributed by atoms with Crippen LogP contribution in [-0.2, 0) is 12.6 Å². The van der Waals surface area contributed by atoms with Crippen molar-refractivity contribution in [3.05, 3.63) is 33.8 Å². The maximum absolute atomic E-state index is 12.2. The van der Waals surface area contributed by atoms with E-state index in [1.54, 1.807) is 6.07 Å². The number of alkyl halides is 3. The van der Waals surface area contributed by atoms with Crippen molar-refractivity contribution in [1.29, 1.82) is 0 Å². The molecular formula is C8H4ClF3. The minimum absolute atomic E-state index is 0.141. The van der Waals surface area contributed by atoms with E-state index in [1.807, 2.05) is 0 Å². The zero-order valence-electron chi connectivity index (χ0n) is 5.87. The van der Waals surface area contributed by atoms with E-state index in [0.29, 0.717) is 17.5 Å². The molecule has 1 aromatic rings. The zero-order valence-corrected chi connectivity index (χ0v) is 6.63. The zero-order chi connectivity index (χ0) is 8.93. The molecule has 0 saturated carbocycles. The number of fused-ring (bicyclic) bond motifs is 2. The minimum atomic E-state index is -4.32. The molecule has 2 aliphatic carbocycles. The van der Waals surface area contributed by atoms with Gasteiger partial charge in [-0.05, 0) is 23.6 Å². The van der Waals surface area contributed by atoms with Crippen LogP contribution in [0.15, 0.2) is 12.1 Å². The molecule has 0 amide bonds. The largest absolute Gasteiger partial charge is 0.417 e. The third-order valence-corrected chi connectivity index (χ3v) is 2.35. The number of benzene rings is 1. The van der Waals surface area contributed by atoms with Gasteiger partial charge in [0.25, 0.3) is 0 Å². The molecule has 0 spiro atoms. The Labute approximate surface area is 72.0 Å². The number of rotatable bonds is 0. The second-order valence-corrected chi connectivity index (χ2v) is 3.17. The molecule has 12 heavy (non-hydrogen) atoms. The first-order valence-electron chi connectivity index (χ1n) is 3.37. The molecule has 0 unspecified atom stereocenters. The van der Waals surface area contributed by atoms with E-state index < -0.39 is 11.7 Å². The van der Waals surface area contributed by atoms with Gasteiger partial charge in [0.15, 0.2) is 0 Å². The first-order valence-corrected chi connectivity index (χ1v) is 3.75. The Morgan fingerprint density at radius 1 is 1.25 bits per heavy atom. The van der Waals surface area contributed by atoms with Gasteiger partial charge in [-0.15, -0.1) is 0 Å². The van der Waals surface area contributed by atoms with Gasteiger partial charge in [-0.3, -0.25) is 0 Å². The normalized spacial score (nSPS) is 14.3. The van der Waals surface area contributed by atoms with Gasteiger partial charge in [-0.25, -0.2) is 0 Å². The molecule has 0 saturated heterocycles. The number of halogens is 4. The predicted octanol–water partition coefficient (Wildman–Crippen LogP) is 3.26. The predicted molar refractivity (Wildman–Crippen MR) is 39.3 cm³/mol. The maximum Gasteiger partial charge on any atom is 0.417 e. The molecule has 0 heterocycles. The fourth-order valence-electron chi connectivity index (χ4n) is 1.28. The first-order chi connectivity index (χ1) is 5.48. The first kappa shape index (κ1) is 7.92. The van der Waals surface area contributed by atoms with E-state index in [2.05, 4.69) is 0 Å². The van der Waals surface area contributed by atoms with E-state index in [-0.39, 0.29) is 5.02 Å². The Hall–Kier alpha value is -0.700. The third-order valence-electron chi connectivity index (χ3n) is 1.91. The van der Waals surface area contributed by atoms with E-state index in [0.717, 1.165) is 6.07 Å². The molecule has 0 aromatic heterocycles. The van der Waals surface area contributed by atoms with Gasteiger partial charge in [0.05, 0.1) is 10.6 Å². The molecule has 2 bridgehead atoms. The molecule has 0 nitrogen and oxygen atoms in total. The fourth-order valence-corrected chi connectivity index (χ4v) is 1.56. The Bertz CT molecular complexity index is 341. The highest BCUT2D eigenvalue weighted by Crippen LogP contribution is 2.41. The fraction of sp³-hybridized carbons (Fsp3) is 0.250. The van der Waals surface area contributed by atoms with Crippen molar-refractivity contribution in [2.45, 2.75) is 12.6 Å². The molecule has 2 aliphatic rings. The summed E-state index contributed by atoms with van der Waals surface area (Å²) in [5.41, 5.74) is 0.603. The second-order valence-electron chi connectivity index (χ2n) is 2.79. The quantitative estimate of drug-likeness (QED) is 0.601. The monoisotopic (exact) mass is 192 g/mol. The van der Waals surface area contributed by atoms with Gasteiger partial charge in [0, 0.05) is 0 Å². The van der Waals surface area contributed by atoms with E-state index >= 15 is 0 Å². The van der Waals surface area contributed by atoms with Crippen LogP contribution in [0.5, 0.6) is 0 Å². The molecular weight excluding hydrogens is 189 g/mol. The van der Waals surface area contributed by atoms with Gasteiger partial charge < -0.3 is 0 Å². The Morgan fingerprint density at radius 3 is 2.17 bits per heavy atom. The summed E-state index contributed by atoms with van der Waals surface area (Å²) in [7, 11) is 0. The third kappa shape index (κ3) is 1.00. The van der Waals surface area contributed by atoms with Gasteiger partial charge in [0.1, 0.15) is 0 Å². The summed E-state index contributed by atoms with van der Waals surface area (Å²) in [4.78, 5) is 0. The lowest BCUT2D eigenvalue weighted by molar-refractivity contribution is -0.137. The van der Waals surface area contributed by atoms with Gasteiger partial charge in [0.2, 0.25) is 0 Å². The van der Waals surface area contributed by atoms with Crippen molar-refractivity contribution in [3.8, 4) is 0 Å². The van der Waals surface area contributed by atoms with Crippen LogP contribution in [0.25, 0.3) is 0 Å². The molecule has 0 aliphatic heterocycles. The molecule has 64 valence electrons. The average Bonchev–Trinajstić information content (AvgIpc) is 1.81.